The number of nitrogens with zero attached hydrogens (tertiary/aromatic N) is 1. The minimum absolute atomic E-state index is 0.219. The van der Waals surface area contributed by atoms with Crippen LogP contribution in [0.3, 0.4) is 0 Å². The lowest BCUT2D eigenvalue weighted by Gasteiger charge is -2.18. The fourth-order valence-electron chi connectivity index (χ4n) is 2.58. The highest BCUT2D eigenvalue weighted by Crippen LogP contribution is 2.21. The largest absolute Gasteiger partial charge is 0.389 e. The number of allylic oxidation sites excluding steroid dienone is 2. The molecule has 1 aromatic carbocycles. The Morgan fingerprint density at radius 3 is 2.30 bits per heavy atom. The van der Waals surface area contributed by atoms with E-state index in [0.717, 1.165) is 7.41 Å². The molecule has 0 unspecified atom stereocenters. The third-order valence-electron chi connectivity index (χ3n) is 3.24. The van der Waals surface area contributed by atoms with Crippen LogP contribution in [0.2, 0.25) is 5.31 Å². The second-order valence-corrected chi connectivity index (χ2v) is 6.27. The molecule has 2 aromatic rings. The number of para-hydroxylation sites is 1. The predicted octanol–water partition coefficient (Wildman–Crippen LogP) is 2.99. The summed E-state index contributed by atoms with van der Waals surface area (Å²) >= 11 is 0. The van der Waals surface area contributed by atoms with Crippen molar-refractivity contribution in [1.82, 2.24) is 4.48 Å². The maximum Gasteiger partial charge on any atom is 0.247 e. The van der Waals surface area contributed by atoms with Crippen LogP contribution in [0, 0.1) is 0 Å². The summed E-state index contributed by atoms with van der Waals surface area (Å²) in [5.74, 6) is 0. The first-order valence-electron chi connectivity index (χ1n) is 7.00. The second kappa shape index (κ2) is 5.58. The maximum atomic E-state index is 3.86. The van der Waals surface area contributed by atoms with Gasteiger partial charge < -0.3 is 4.48 Å². The van der Waals surface area contributed by atoms with Crippen molar-refractivity contribution in [2.45, 2.75) is 26.1 Å². The van der Waals surface area contributed by atoms with E-state index in [0.29, 0.717) is 0 Å². The Labute approximate surface area is 121 Å². The zero-order valence-electron chi connectivity index (χ0n) is 12.7. The fourth-order valence-corrected chi connectivity index (χ4v) is 2.58. The van der Waals surface area contributed by atoms with Gasteiger partial charge in [-0.05, 0) is 17.5 Å². The molecule has 0 saturated carbocycles. The van der Waals surface area contributed by atoms with Crippen LogP contribution in [-0.2, 0) is 0 Å². The summed E-state index contributed by atoms with van der Waals surface area (Å²) in [4.78, 5) is 0. The van der Waals surface area contributed by atoms with Crippen molar-refractivity contribution in [1.29, 1.82) is 0 Å². The van der Waals surface area contributed by atoms with Crippen LogP contribution in [0.4, 0.5) is 0 Å². The Bertz CT molecular complexity index is 757. The van der Waals surface area contributed by atoms with Crippen LogP contribution >= 0.6 is 0 Å². The smallest absolute Gasteiger partial charge is 0.247 e. The highest BCUT2D eigenvalue weighted by atomic mass is 14.9. The van der Waals surface area contributed by atoms with Crippen molar-refractivity contribution >= 4 is 30.5 Å². The standard InChI is InChI=1S/C18H22BN/c1-6-10-14-15-12-8-9-13-17(15)20(16(14)11-7-2)19-18(3,4)5/h6-13,19H,1-2H2,3-5H3/b14-10-,16-11+. The maximum absolute atomic E-state index is 3.86. The fraction of sp³-hybridized carbons (Fsp3) is 0.222. The summed E-state index contributed by atoms with van der Waals surface area (Å²) in [6.45, 7) is 14.5. The van der Waals surface area contributed by atoms with Crippen molar-refractivity contribution < 1.29 is 0 Å². The Balaban J connectivity index is 2.95. The Morgan fingerprint density at radius 2 is 1.70 bits per heavy atom. The SMILES string of the molecule is C=C/C=c1\c(=C/C=C)n(BC(C)(C)C)c2ccccc12. The normalized spacial score (nSPS) is 13.8. The van der Waals surface area contributed by atoms with Gasteiger partial charge in [0.2, 0.25) is 7.41 Å². The van der Waals surface area contributed by atoms with Crippen LogP contribution in [0.25, 0.3) is 23.1 Å². The van der Waals surface area contributed by atoms with Crippen molar-refractivity contribution in [3.8, 4) is 0 Å². The second-order valence-electron chi connectivity index (χ2n) is 6.27. The molecule has 2 heteroatoms. The molecular formula is C18H22BN. The number of hydrogen-bond acceptors (Lipinski definition) is 0. The van der Waals surface area contributed by atoms with E-state index in [1.54, 1.807) is 0 Å². The summed E-state index contributed by atoms with van der Waals surface area (Å²) in [6.07, 6.45) is 7.87. The van der Waals surface area contributed by atoms with E-state index in [1.807, 2.05) is 12.2 Å². The van der Waals surface area contributed by atoms with E-state index in [9.17, 15) is 0 Å². The molecule has 0 aliphatic heterocycles. The van der Waals surface area contributed by atoms with Gasteiger partial charge in [-0.1, -0.05) is 70.4 Å². The van der Waals surface area contributed by atoms with E-state index in [4.69, 9.17) is 0 Å². The molecule has 0 atom stereocenters. The first-order valence-corrected chi connectivity index (χ1v) is 7.00. The number of aromatic nitrogens is 1. The van der Waals surface area contributed by atoms with Crippen molar-refractivity contribution in [2.24, 2.45) is 0 Å². The van der Waals surface area contributed by atoms with E-state index in [2.05, 4.69) is 74.8 Å². The molecular weight excluding hydrogens is 241 g/mol. The van der Waals surface area contributed by atoms with Gasteiger partial charge in [-0.25, -0.2) is 0 Å². The molecule has 0 spiro atoms. The molecule has 0 fully saturated rings. The molecule has 0 radical (unpaired) electrons. The van der Waals surface area contributed by atoms with Gasteiger partial charge in [-0.3, -0.25) is 0 Å². The van der Waals surface area contributed by atoms with Gasteiger partial charge in [-0.15, -0.1) is 0 Å². The Morgan fingerprint density at radius 1 is 1.05 bits per heavy atom. The molecule has 2 rings (SSSR count). The van der Waals surface area contributed by atoms with Crippen LogP contribution in [0.5, 0.6) is 0 Å². The van der Waals surface area contributed by atoms with Gasteiger partial charge in [0.25, 0.3) is 0 Å². The van der Waals surface area contributed by atoms with Gasteiger partial charge in [0.15, 0.2) is 0 Å². The van der Waals surface area contributed by atoms with Crippen LogP contribution in [0.15, 0.2) is 49.6 Å². The topological polar surface area (TPSA) is 4.93 Å². The van der Waals surface area contributed by atoms with Crippen LogP contribution in [0.1, 0.15) is 20.8 Å². The number of fused-ring (bicyclic) bond motifs is 1. The molecule has 102 valence electrons. The van der Waals surface area contributed by atoms with E-state index >= 15 is 0 Å². The van der Waals surface area contributed by atoms with Crippen molar-refractivity contribution in [2.75, 3.05) is 0 Å². The summed E-state index contributed by atoms with van der Waals surface area (Å²) in [5, 5.41) is 3.91. The summed E-state index contributed by atoms with van der Waals surface area (Å²) < 4.78 is 2.38. The van der Waals surface area contributed by atoms with Crippen LogP contribution < -0.4 is 10.6 Å². The number of rotatable bonds is 3. The van der Waals surface area contributed by atoms with Crippen molar-refractivity contribution in [3.63, 3.8) is 0 Å². The first-order chi connectivity index (χ1) is 9.48. The molecule has 0 aliphatic carbocycles. The lowest BCUT2D eigenvalue weighted by Crippen LogP contribution is -2.34. The van der Waals surface area contributed by atoms with E-state index in [-0.39, 0.29) is 5.31 Å². The van der Waals surface area contributed by atoms with Gasteiger partial charge in [0, 0.05) is 21.5 Å². The van der Waals surface area contributed by atoms with Gasteiger partial charge >= 0.3 is 0 Å². The molecule has 1 nitrogen and oxygen atoms in total. The first kappa shape index (κ1) is 14.5. The highest BCUT2D eigenvalue weighted by molar-refractivity contribution is 6.39. The minimum atomic E-state index is 0.219. The molecule has 0 saturated heterocycles. The minimum Gasteiger partial charge on any atom is -0.389 e. The van der Waals surface area contributed by atoms with E-state index < -0.39 is 0 Å². The lowest BCUT2D eigenvalue weighted by atomic mass is 9.64. The Kier molecular flexibility index (Phi) is 4.03. The molecule has 0 bridgehead atoms. The average molecular weight is 263 g/mol. The van der Waals surface area contributed by atoms with Gasteiger partial charge in [0.1, 0.15) is 0 Å². The zero-order chi connectivity index (χ0) is 14.8. The highest BCUT2D eigenvalue weighted by Gasteiger charge is 2.17. The zero-order valence-corrected chi connectivity index (χ0v) is 12.7. The summed E-state index contributed by atoms with van der Waals surface area (Å²) in [5.41, 5.74) is 1.27. The monoisotopic (exact) mass is 263 g/mol. The number of hydrogen-bond donors (Lipinski definition) is 0. The van der Waals surface area contributed by atoms with Gasteiger partial charge in [0.05, 0.1) is 0 Å². The summed E-state index contributed by atoms with van der Waals surface area (Å²) in [6, 6.07) is 8.53. The third-order valence-corrected chi connectivity index (χ3v) is 3.24. The average Bonchev–Trinajstić information content (AvgIpc) is 2.65. The molecule has 0 amide bonds. The summed E-state index contributed by atoms with van der Waals surface area (Å²) in [7, 11) is 0.970. The van der Waals surface area contributed by atoms with Crippen molar-refractivity contribution in [3.05, 3.63) is 60.1 Å². The molecule has 20 heavy (non-hydrogen) atoms. The molecule has 1 aromatic heterocycles. The predicted molar refractivity (Wildman–Crippen MR) is 92.8 cm³/mol. The molecule has 0 aliphatic rings. The molecule has 0 N–H and O–H groups in total. The number of benzene rings is 1. The van der Waals surface area contributed by atoms with Gasteiger partial charge in [-0.2, -0.15) is 0 Å². The quantitative estimate of drug-likeness (QED) is 0.750. The lowest BCUT2D eigenvalue weighted by molar-refractivity contribution is 0.740. The van der Waals surface area contributed by atoms with E-state index in [1.165, 1.54) is 21.5 Å². The third kappa shape index (κ3) is 2.80. The molecule has 1 heterocycles. The Hall–Kier alpha value is -1.96. The van der Waals surface area contributed by atoms with Crippen LogP contribution in [-0.4, -0.2) is 11.9 Å².